The van der Waals surface area contributed by atoms with Crippen LogP contribution in [0.25, 0.3) is 0 Å². The maximum atomic E-state index is 12.8. The fraction of sp³-hybridized carbons (Fsp3) is 0.769. The Morgan fingerprint density at radius 2 is 1.86 bits per heavy atom. The molecule has 0 aromatic rings. The van der Waals surface area contributed by atoms with Crippen molar-refractivity contribution in [1.29, 1.82) is 0 Å². The van der Waals surface area contributed by atoms with Crippen LogP contribution >= 0.6 is 0 Å². The maximum absolute atomic E-state index is 12.8. The molecule has 0 radical (unpaired) electrons. The van der Waals surface area contributed by atoms with Gasteiger partial charge in [-0.25, -0.2) is 0 Å². The van der Waals surface area contributed by atoms with E-state index in [1.54, 1.807) is 6.92 Å². The number of alkyl halides is 3. The summed E-state index contributed by atoms with van der Waals surface area (Å²) < 4.78 is 38.4. The largest absolute Gasteiger partial charge is 0.481 e. The summed E-state index contributed by atoms with van der Waals surface area (Å²) in [5.41, 5.74) is 0. The summed E-state index contributed by atoms with van der Waals surface area (Å²) in [6.45, 7) is 1.13. The molecule has 0 aliphatic carbocycles. The minimum atomic E-state index is -4.65. The lowest BCUT2D eigenvalue weighted by Gasteiger charge is -2.18. The van der Waals surface area contributed by atoms with E-state index in [-0.39, 0.29) is 25.2 Å². The molecule has 1 aliphatic heterocycles. The van der Waals surface area contributed by atoms with E-state index in [1.807, 2.05) is 0 Å². The topological polar surface area (TPSA) is 86.7 Å². The van der Waals surface area contributed by atoms with E-state index in [0.717, 1.165) is 4.90 Å². The van der Waals surface area contributed by atoms with Gasteiger partial charge in [0.2, 0.25) is 11.8 Å². The van der Waals surface area contributed by atoms with Crippen molar-refractivity contribution >= 4 is 17.8 Å². The number of halogens is 3. The Hall–Kier alpha value is -1.80. The van der Waals surface area contributed by atoms with Gasteiger partial charge in [-0.05, 0) is 13.3 Å². The molecule has 6 nitrogen and oxygen atoms in total. The number of hydrogen-bond acceptors (Lipinski definition) is 3. The van der Waals surface area contributed by atoms with Gasteiger partial charge in [0.15, 0.2) is 0 Å². The van der Waals surface area contributed by atoms with Crippen molar-refractivity contribution in [3.05, 3.63) is 0 Å². The van der Waals surface area contributed by atoms with Gasteiger partial charge in [-0.2, -0.15) is 13.2 Å². The Balaban J connectivity index is 2.54. The summed E-state index contributed by atoms with van der Waals surface area (Å²) in [6.07, 6.45) is -4.40. The highest BCUT2D eigenvalue weighted by molar-refractivity contribution is 5.80. The molecule has 1 rings (SSSR count). The summed E-state index contributed by atoms with van der Waals surface area (Å²) in [4.78, 5) is 34.9. The lowest BCUT2D eigenvalue weighted by molar-refractivity contribution is -0.188. The highest BCUT2D eigenvalue weighted by Crippen LogP contribution is 2.37. The first-order chi connectivity index (χ1) is 10.2. The normalized spacial score (nSPS) is 21.7. The van der Waals surface area contributed by atoms with E-state index < -0.39 is 43.0 Å². The Bertz CT molecular complexity index is 439. The minimum Gasteiger partial charge on any atom is -0.481 e. The number of carbonyl (C=O) groups excluding carboxylic acids is 2. The number of nitrogens with one attached hydrogen (secondary N) is 1. The van der Waals surface area contributed by atoms with Gasteiger partial charge in [0.1, 0.15) is 0 Å². The second-order valence-corrected chi connectivity index (χ2v) is 5.20. The predicted octanol–water partition coefficient (Wildman–Crippen LogP) is 1.01. The smallest absolute Gasteiger partial charge is 0.394 e. The van der Waals surface area contributed by atoms with Crippen LogP contribution in [0.1, 0.15) is 26.2 Å². The van der Waals surface area contributed by atoms with Crippen molar-refractivity contribution in [3.8, 4) is 0 Å². The summed E-state index contributed by atoms with van der Waals surface area (Å²) in [7, 11) is 0. The van der Waals surface area contributed by atoms with Gasteiger partial charge >= 0.3 is 12.1 Å². The van der Waals surface area contributed by atoms with E-state index in [1.165, 1.54) is 0 Å². The van der Waals surface area contributed by atoms with E-state index in [0.29, 0.717) is 6.54 Å². The number of aliphatic carboxylic acids is 1. The van der Waals surface area contributed by atoms with Crippen LogP contribution in [-0.2, 0) is 14.4 Å². The summed E-state index contributed by atoms with van der Waals surface area (Å²) in [6, 6.07) is 0. The van der Waals surface area contributed by atoms with Crippen LogP contribution in [-0.4, -0.2) is 53.6 Å². The molecular formula is C13H19F3N2O4. The Kier molecular flexibility index (Phi) is 6.19. The van der Waals surface area contributed by atoms with Crippen LogP contribution in [0, 0.1) is 11.8 Å². The lowest BCUT2D eigenvalue weighted by Crippen LogP contribution is -2.34. The van der Waals surface area contributed by atoms with Crippen molar-refractivity contribution < 1.29 is 32.7 Å². The number of carboxylic acids is 1. The molecule has 9 heteroatoms. The average molecular weight is 324 g/mol. The quantitative estimate of drug-likeness (QED) is 0.763. The van der Waals surface area contributed by atoms with Crippen molar-refractivity contribution in [2.24, 2.45) is 11.8 Å². The molecule has 126 valence electrons. The Morgan fingerprint density at radius 3 is 2.32 bits per heavy atom. The van der Waals surface area contributed by atoms with Gasteiger partial charge in [-0.3, -0.25) is 14.4 Å². The van der Waals surface area contributed by atoms with Crippen LogP contribution in [0.3, 0.4) is 0 Å². The molecule has 1 saturated heterocycles. The molecule has 2 N–H and O–H groups in total. The number of likely N-dealkylation sites (tertiary alicyclic amines) is 1. The van der Waals surface area contributed by atoms with Crippen molar-refractivity contribution in [3.63, 3.8) is 0 Å². The van der Waals surface area contributed by atoms with Crippen molar-refractivity contribution in [2.75, 3.05) is 19.6 Å². The molecule has 0 aromatic heterocycles. The van der Waals surface area contributed by atoms with Crippen molar-refractivity contribution in [1.82, 2.24) is 10.2 Å². The van der Waals surface area contributed by atoms with Gasteiger partial charge < -0.3 is 15.3 Å². The zero-order chi connectivity index (χ0) is 16.9. The van der Waals surface area contributed by atoms with Crippen LogP contribution in [0.5, 0.6) is 0 Å². The highest BCUT2D eigenvalue weighted by atomic mass is 19.4. The summed E-state index contributed by atoms with van der Waals surface area (Å²) >= 11 is 0. The standard InChI is InChI=1S/C13H19F3N2O4/c1-2-17-10(19)4-3-5-11(20)18-6-8(12(21)22)9(7-18)13(14,15)16/h8-9H,2-7H2,1H3,(H,17,19)(H,21,22)/t8-,9-/m1/s1. The number of carbonyl (C=O) groups is 3. The van der Waals surface area contributed by atoms with Gasteiger partial charge in [-0.1, -0.05) is 0 Å². The first-order valence-corrected chi connectivity index (χ1v) is 7.00. The maximum Gasteiger partial charge on any atom is 0.394 e. The molecule has 0 spiro atoms. The third-order valence-corrected chi connectivity index (χ3v) is 3.58. The second-order valence-electron chi connectivity index (χ2n) is 5.20. The van der Waals surface area contributed by atoms with Crippen LogP contribution in [0.15, 0.2) is 0 Å². The van der Waals surface area contributed by atoms with Crippen LogP contribution in [0.2, 0.25) is 0 Å². The number of amides is 2. The van der Waals surface area contributed by atoms with Gasteiger partial charge in [0.05, 0.1) is 11.8 Å². The van der Waals surface area contributed by atoms with E-state index in [2.05, 4.69) is 5.32 Å². The summed E-state index contributed by atoms with van der Waals surface area (Å²) in [5.74, 6) is -6.01. The average Bonchev–Trinajstić information content (AvgIpc) is 2.84. The fourth-order valence-corrected chi connectivity index (χ4v) is 2.43. The Labute approximate surface area is 125 Å². The third-order valence-electron chi connectivity index (χ3n) is 3.58. The number of carboxylic acid groups (broad SMARTS) is 1. The van der Waals surface area contributed by atoms with E-state index >= 15 is 0 Å². The first-order valence-electron chi connectivity index (χ1n) is 7.00. The van der Waals surface area contributed by atoms with Gasteiger partial charge in [0.25, 0.3) is 0 Å². The number of nitrogens with zero attached hydrogens (tertiary/aromatic N) is 1. The zero-order valence-corrected chi connectivity index (χ0v) is 12.2. The first kappa shape index (κ1) is 18.2. The van der Waals surface area contributed by atoms with Crippen LogP contribution in [0.4, 0.5) is 13.2 Å². The molecule has 22 heavy (non-hydrogen) atoms. The fourth-order valence-electron chi connectivity index (χ4n) is 2.43. The second kappa shape index (κ2) is 7.46. The molecule has 0 aromatic carbocycles. The Morgan fingerprint density at radius 1 is 1.23 bits per heavy atom. The highest BCUT2D eigenvalue weighted by Gasteiger charge is 2.53. The van der Waals surface area contributed by atoms with Gasteiger partial charge in [-0.15, -0.1) is 0 Å². The number of rotatable bonds is 6. The minimum absolute atomic E-state index is 0.0753. The molecule has 0 bridgehead atoms. The zero-order valence-electron chi connectivity index (χ0n) is 12.2. The van der Waals surface area contributed by atoms with E-state index in [4.69, 9.17) is 5.11 Å². The molecule has 1 aliphatic rings. The molecular weight excluding hydrogens is 305 g/mol. The lowest BCUT2D eigenvalue weighted by atomic mass is 9.96. The summed E-state index contributed by atoms with van der Waals surface area (Å²) in [5, 5.41) is 11.4. The molecule has 1 fully saturated rings. The molecule has 2 atom stereocenters. The molecule has 1 heterocycles. The molecule has 0 saturated carbocycles. The molecule has 0 unspecified atom stereocenters. The van der Waals surface area contributed by atoms with E-state index in [9.17, 15) is 27.6 Å². The van der Waals surface area contributed by atoms with Crippen LogP contribution < -0.4 is 5.32 Å². The van der Waals surface area contributed by atoms with Gasteiger partial charge in [0, 0.05) is 32.5 Å². The molecule has 2 amide bonds. The third kappa shape index (κ3) is 4.88. The predicted molar refractivity (Wildman–Crippen MR) is 69.8 cm³/mol. The number of hydrogen-bond donors (Lipinski definition) is 2. The SMILES string of the molecule is CCNC(=O)CCCC(=O)N1C[C@@H](C(F)(F)F)[C@H](C(=O)O)C1. The van der Waals surface area contributed by atoms with Crippen molar-refractivity contribution in [2.45, 2.75) is 32.4 Å². The monoisotopic (exact) mass is 324 g/mol.